The van der Waals surface area contributed by atoms with Gasteiger partial charge in [0.15, 0.2) is 23.2 Å². The number of fused-ring (bicyclic) bond motifs is 1. The van der Waals surface area contributed by atoms with E-state index in [0.717, 1.165) is 49.2 Å². The van der Waals surface area contributed by atoms with Gasteiger partial charge in [0.25, 0.3) is 11.8 Å². The number of ether oxygens (including phenoxy) is 1. The smallest absolute Gasteiger partial charge is 0.282 e. The van der Waals surface area contributed by atoms with Gasteiger partial charge < -0.3 is 30.2 Å². The fraction of sp³-hybridized carbons (Fsp3) is 0.308. The molecular formula is C26H24F4N8O2. The molecule has 208 valence electrons. The molecule has 3 aromatic heterocycles. The molecule has 0 aliphatic carbocycles. The van der Waals surface area contributed by atoms with Crippen molar-refractivity contribution in [2.45, 2.75) is 12.8 Å². The predicted octanol–water partition coefficient (Wildman–Crippen LogP) is 3.98. The average molecular weight is 557 g/mol. The Balaban J connectivity index is 1.35. The first-order valence-electron chi connectivity index (χ1n) is 12.5. The number of hydrogen-bond acceptors (Lipinski definition) is 8. The zero-order chi connectivity index (χ0) is 28.0. The van der Waals surface area contributed by atoms with Gasteiger partial charge in [-0.15, -0.1) is 0 Å². The fourth-order valence-corrected chi connectivity index (χ4v) is 4.75. The van der Waals surface area contributed by atoms with E-state index in [0.29, 0.717) is 11.5 Å². The molecule has 40 heavy (non-hydrogen) atoms. The van der Waals surface area contributed by atoms with Crippen LogP contribution in [-0.2, 0) is 0 Å². The number of nitrogens with one attached hydrogen (secondary N) is 3. The lowest BCUT2D eigenvalue weighted by atomic mass is 10.1. The normalized spacial score (nSPS) is 16.6. The van der Waals surface area contributed by atoms with Crippen molar-refractivity contribution in [1.82, 2.24) is 30.2 Å². The van der Waals surface area contributed by atoms with E-state index in [9.17, 15) is 18.0 Å². The van der Waals surface area contributed by atoms with Crippen LogP contribution in [0.15, 0.2) is 36.8 Å². The van der Waals surface area contributed by atoms with E-state index >= 15 is 4.39 Å². The first-order chi connectivity index (χ1) is 19.2. The Morgan fingerprint density at radius 1 is 1.10 bits per heavy atom. The van der Waals surface area contributed by atoms with E-state index in [1.165, 1.54) is 6.07 Å². The zero-order valence-electron chi connectivity index (χ0n) is 21.3. The van der Waals surface area contributed by atoms with Crippen molar-refractivity contribution in [1.29, 1.82) is 0 Å². The van der Waals surface area contributed by atoms with Gasteiger partial charge in [0.1, 0.15) is 17.7 Å². The lowest BCUT2D eigenvalue weighted by molar-refractivity contribution is -0.113. The number of piperazine rings is 1. The molecule has 1 amide bonds. The van der Waals surface area contributed by atoms with Crippen LogP contribution < -0.4 is 20.3 Å². The third kappa shape index (κ3) is 4.85. The van der Waals surface area contributed by atoms with Crippen LogP contribution in [0.3, 0.4) is 0 Å². The molecule has 3 N–H and O–H groups in total. The molecule has 4 aromatic rings. The maximum atomic E-state index is 15.3. The van der Waals surface area contributed by atoms with Crippen molar-refractivity contribution in [3.05, 3.63) is 59.7 Å². The molecule has 2 aliphatic heterocycles. The molecule has 0 saturated carbocycles. The number of carbonyl (C=O) groups is 1. The van der Waals surface area contributed by atoms with E-state index < -0.39 is 48.2 Å². The minimum absolute atomic E-state index is 0.0400. The summed E-state index contributed by atoms with van der Waals surface area (Å²) in [6.45, 7) is 3.38. The molecule has 0 unspecified atom stereocenters. The van der Waals surface area contributed by atoms with E-state index in [1.807, 2.05) is 6.07 Å². The van der Waals surface area contributed by atoms with Gasteiger partial charge in [-0.1, -0.05) is 0 Å². The summed E-state index contributed by atoms with van der Waals surface area (Å²) in [5.74, 6) is -6.30. The molecule has 6 rings (SSSR count). The number of halogens is 4. The first-order valence-corrected chi connectivity index (χ1v) is 12.5. The zero-order valence-corrected chi connectivity index (χ0v) is 21.3. The highest BCUT2D eigenvalue weighted by molar-refractivity contribution is 6.02. The Morgan fingerprint density at radius 2 is 1.88 bits per heavy atom. The minimum Gasteiger partial charge on any atom is -0.435 e. The maximum Gasteiger partial charge on any atom is 0.282 e. The first kappa shape index (κ1) is 25.8. The third-order valence-electron chi connectivity index (χ3n) is 6.74. The molecule has 2 fully saturated rings. The summed E-state index contributed by atoms with van der Waals surface area (Å²) >= 11 is 0. The number of aromatic amines is 1. The summed E-state index contributed by atoms with van der Waals surface area (Å²) in [6.07, 6.45) is 2.72. The van der Waals surface area contributed by atoms with Gasteiger partial charge in [0, 0.05) is 43.3 Å². The van der Waals surface area contributed by atoms with Gasteiger partial charge in [-0.25, -0.2) is 32.5 Å². The fourth-order valence-electron chi connectivity index (χ4n) is 4.75. The van der Waals surface area contributed by atoms with Crippen LogP contribution in [0, 0.1) is 18.6 Å². The Hall–Kier alpha value is -4.46. The van der Waals surface area contributed by atoms with Crippen molar-refractivity contribution in [3.63, 3.8) is 0 Å². The molecule has 2 aliphatic rings. The van der Waals surface area contributed by atoms with Gasteiger partial charge in [-0.3, -0.25) is 4.79 Å². The Bertz CT molecular complexity index is 1580. The number of carbonyl (C=O) groups excluding carboxylic acids is 1. The topological polar surface area (TPSA) is 111 Å². The number of anilines is 3. The van der Waals surface area contributed by atoms with Crippen molar-refractivity contribution in [2.24, 2.45) is 0 Å². The quantitative estimate of drug-likeness (QED) is 0.306. The lowest BCUT2D eigenvalue weighted by Gasteiger charge is -2.38. The van der Waals surface area contributed by atoms with Crippen molar-refractivity contribution < 1.29 is 27.1 Å². The summed E-state index contributed by atoms with van der Waals surface area (Å²) < 4.78 is 62.8. The summed E-state index contributed by atoms with van der Waals surface area (Å²) in [7, 11) is 0. The second-order valence-electron chi connectivity index (χ2n) is 9.70. The van der Waals surface area contributed by atoms with Gasteiger partial charge in [0.2, 0.25) is 5.88 Å². The number of alkyl halides is 2. The van der Waals surface area contributed by atoms with Crippen LogP contribution in [0.1, 0.15) is 16.1 Å². The molecular weight excluding hydrogens is 532 g/mol. The Labute approximate surface area is 225 Å². The number of pyridine rings is 1. The van der Waals surface area contributed by atoms with Gasteiger partial charge in [-0.2, -0.15) is 0 Å². The third-order valence-corrected chi connectivity index (χ3v) is 6.74. The number of H-pyrrole nitrogens is 1. The van der Waals surface area contributed by atoms with Crippen LogP contribution in [0.2, 0.25) is 0 Å². The number of rotatable bonds is 6. The van der Waals surface area contributed by atoms with Gasteiger partial charge in [-0.05, 0) is 25.1 Å². The number of hydrogen-bond donors (Lipinski definition) is 3. The van der Waals surface area contributed by atoms with E-state index in [2.05, 4.69) is 35.5 Å². The van der Waals surface area contributed by atoms with Gasteiger partial charge in [0.05, 0.1) is 30.5 Å². The second kappa shape index (κ2) is 9.93. The monoisotopic (exact) mass is 556 g/mol. The summed E-state index contributed by atoms with van der Waals surface area (Å²) in [5, 5.41) is 6.14. The maximum absolute atomic E-state index is 15.3. The van der Waals surface area contributed by atoms with Crippen LogP contribution in [-0.4, -0.2) is 75.9 Å². The minimum atomic E-state index is -3.03. The largest absolute Gasteiger partial charge is 0.435 e. The van der Waals surface area contributed by atoms with Crippen LogP contribution in [0.5, 0.6) is 11.6 Å². The van der Waals surface area contributed by atoms with Crippen LogP contribution in [0.4, 0.5) is 34.9 Å². The van der Waals surface area contributed by atoms with Gasteiger partial charge >= 0.3 is 0 Å². The lowest BCUT2D eigenvalue weighted by Crippen LogP contribution is -2.58. The highest BCUT2D eigenvalue weighted by Gasteiger charge is 2.47. The molecule has 1 aromatic carbocycles. The number of benzene rings is 1. The molecule has 10 nitrogen and oxygen atoms in total. The van der Waals surface area contributed by atoms with E-state index in [-0.39, 0.29) is 22.3 Å². The second-order valence-corrected chi connectivity index (χ2v) is 9.70. The number of aromatic nitrogens is 4. The highest BCUT2D eigenvalue weighted by atomic mass is 19.3. The summed E-state index contributed by atoms with van der Waals surface area (Å²) in [5.41, 5.74) is 1.08. The van der Waals surface area contributed by atoms with E-state index in [4.69, 9.17) is 4.74 Å². The number of amides is 1. The van der Waals surface area contributed by atoms with Crippen molar-refractivity contribution in [3.8, 4) is 11.6 Å². The molecule has 0 bridgehead atoms. The standard InChI is InChI=1S/C26H24F4N8O2/c1-14-8-16-21(28)18(9-17(27)22(16)35-14)40-24-20(25(39)38-11-26(29,30)12-38)23(33-13-34-24)36-19-3-2-15(10-32-19)37-6-4-31-5-7-37/h2-3,8-10,13,31,35H,4-7,11-12H2,1H3,(H,32,33,34,36). The predicted molar refractivity (Wildman–Crippen MR) is 139 cm³/mol. The Kier molecular flexibility index (Phi) is 6.41. The molecule has 0 spiro atoms. The molecule has 0 atom stereocenters. The van der Waals surface area contributed by atoms with Crippen LogP contribution in [0.25, 0.3) is 10.9 Å². The van der Waals surface area contributed by atoms with Crippen LogP contribution >= 0.6 is 0 Å². The number of aryl methyl sites for hydroxylation is 1. The highest BCUT2D eigenvalue weighted by Crippen LogP contribution is 2.37. The average Bonchev–Trinajstić information content (AvgIpc) is 3.33. The molecule has 5 heterocycles. The number of likely N-dealkylation sites (tertiary alicyclic amines) is 1. The Morgan fingerprint density at radius 3 is 2.58 bits per heavy atom. The summed E-state index contributed by atoms with van der Waals surface area (Å²) in [4.78, 5) is 31.6. The number of nitrogens with zero attached hydrogens (tertiary/aromatic N) is 5. The summed E-state index contributed by atoms with van der Waals surface area (Å²) in [6, 6.07) is 5.77. The SMILES string of the molecule is Cc1cc2c(F)c(Oc3ncnc(Nc4ccc(N5CCNCC5)cn4)c3C(=O)N3CC(F)(F)C3)cc(F)c2[nH]1. The van der Waals surface area contributed by atoms with Crippen molar-refractivity contribution in [2.75, 3.05) is 49.5 Å². The van der Waals surface area contributed by atoms with E-state index in [1.54, 1.807) is 19.2 Å². The molecule has 2 saturated heterocycles. The molecule has 0 radical (unpaired) electrons. The van der Waals surface area contributed by atoms with Crippen molar-refractivity contribution >= 4 is 34.1 Å². The molecule has 14 heteroatoms.